The number of nitrogens with zero attached hydrogens (tertiary/aromatic N) is 3. The predicted octanol–water partition coefficient (Wildman–Crippen LogP) is 4.75. The molecule has 1 amide bonds. The molecule has 6 heteroatoms. The second kappa shape index (κ2) is 10.7. The lowest BCUT2D eigenvalue weighted by atomic mass is 10.1. The molecule has 6 nitrogen and oxygen atoms in total. The Morgan fingerprint density at radius 2 is 1.73 bits per heavy atom. The fourth-order valence-electron chi connectivity index (χ4n) is 4.05. The number of rotatable bonds is 8. The van der Waals surface area contributed by atoms with Crippen molar-refractivity contribution in [1.82, 2.24) is 15.2 Å². The van der Waals surface area contributed by atoms with E-state index in [1.54, 1.807) is 0 Å². The second-order valence-corrected chi connectivity index (χ2v) is 9.14. The van der Waals surface area contributed by atoms with E-state index in [-0.39, 0.29) is 5.91 Å². The van der Waals surface area contributed by atoms with E-state index in [0.29, 0.717) is 23.9 Å². The van der Waals surface area contributed by atoms with Gasteiger partial charge in [-0.3, -0.25) is 9.69 Å². The van der Waals surface area contributed by atoms with Crippen molar-refractivity contribution in [3.63, 3.8) is 0 Å². The van der Waals surface area contributed by atoms with Crippen LogP contribution in [0.5, 0.6) is 0 Å². The molecule has 0 bridgehead atoms. The summed E-state index contributed by atoms with van der Waals surface area (Å²) in [5, 5.41) is 2.97. The fourth-order valence-corrected chi connectivity index (χ4v) is 4.05. The van der Waals surface area contributed by atoms with E-state index < -0.39 is 0 Å². The van der Waals surface area contributed by atoms with Gasteiger partial charge in [0.1, 0.15) is 5.76 Å². The van der Waals surface area contributed by atoms with E-state index in [1.165, 1.54) is 5.69 Å². The molecule has 33 heavy (non-hydrogen) atoms. The zero-order valence-electron chi connectivity index (χ0n) is 19.9. The molecule has 2 heterocycles. The van der Waals surface area contributed by atoms with Gasteiger partial charge in [0.2, 0.25) is 5.89 Å². The summed E-state index contributed by atoms with van der Waals surface area (Å²) in [6.45, 7) is 11.8. The summed E-state index contributed by atoms with van der Waals surface area (Å²) in [5.74, 6) is 1.99. The van der Waals surface area contributed by atoms with Crippen LogP contribution in [0.15, 0.2) is 59.0 Å². The van der Waals surface area contributed by atoms with E-state index in [2.05, 4.69) is 59.3 Å². The van der Waals surface area contributed by atoms with Gasteiger partial charge in [-0.25, -0.2) is 4.98 Å². The first kappa shape index (κ1) is 23.1. The number of hydrogen-bond acceptors (Lipinski definition) is 5. The Morgan fingerprint density at radius 1 is 1.03 bits per heavy atom. The smallest absolute Gasteiger partial charge is 0.251 e. The number of carbonyl (C=O) groups is 1. The van der Waals surface area contributed by atoms with Crippen LogP contribution in [0, 0.1) is 12.8 Å². The molecule has 0 unspecified atom stereocenters. The molecular weight excluding hydrogens is 412 g/mol. The lowest BCUT2D eigenvalue weighted by Gasteiger charge is -2.35. The average molecular weight is 447 g/mol. The van der Waals surface area contributed by atoms with Gasteiger partial charge >= 0.3 is 0 Å². The molecular formula is C27H34N4O2. The maximum Gasteiger partial charge on any atom is 0.251 e. The minimum absolute atomic E-state index is 0.0406. The Hall–Kier alpha value is -3.12. The summed E-state index contributed by atoms with van der Waals surface area (Å²) in [6.07, 6.45) is 0.976. The zero-order chi connectivity index (χ0) is 23.2. The van der Waals surface area contributed by atoms with Crippen molar-refractivity contribution >= 4 is 11.6 Å². The van der Waals surface area contributed by atoms with Crippen LogP contribution in [0.3, 0.4) is 0 Å². The first-order valence-electron chi connectivity index (χ1n) is 11.9. The molecule has 4 rings (SSSR count). The molecule has 1 N–H and O–H groups in total. The summed E-state index contributed by atoms with van der Waals surface area (Å²) < 4.78 is 5.98. The van der Waals surface area contributed by atoms with Crippen LogP contribution >= 0.6 is 0 Å². The SMILES string of the molecule is Cc1oc(-c2ccc(C(=O)NCCC(C)C)cc2)nc1CN1CCN(c2ccccc2)CC1. The van der Waals surface area contributed by atoms with Crippen molar-refractivity contribution in [1.29, 1.82) is 0 Å². The van der Waals surface area contributed by atoms with Gasteiger partial charge in [0.25, 0.3) is 5.91 Å². The number of anilines is 1. The third kappa shape index (κ3) is 6.02. The number of aryl methyl sites for hydroxylation is 1. The molecule has 0 atom stereocenters. The van der Waals surface area contributed by atoms with Gasteiger partial charge in [-0.2, -0.15) is 0 Å². The number of oxazole rings is 1. The average Bonchev–Trinajstić information content (AvgIpc) is 3.20. The highest BCUT2D eigenvalue weighted by Gasteiger charge is 2.20. The van der Waals surface area contributed by atoms with Crippen molar-refractivity contribution in [2.75, 3.05) is 37.6 Å². The summed E-state index contributed by atoms with van der Waals surface area (Å²) in [5.41, 5.74) is 3.81. The maximum absolute atomic E-state index is 12.3. The van der Waals surface area contributed by atoms with Gasteiger partial charge in [-0.15, -0.1) is 0 Å². The van der Waals surface area contributed by atoms with Gasteiger partial charge in [0, 0.05) is 56.1 Å². The second-order valence-electron chi connectivity index (χ2n) is 9.14. The summed E-state index contributed by atoms with van der Waals surface area (Å²) in [4.78, 5) is 21.9. The number of hydrogen-bond donors (Lipinski definition) is 1. The highest BCUT2D eigenvalue weighted by molar-refractivity contribution is 5.94. The van der Waals surface area contributed by atoms with Crippen LogP contribution in [0.1, 0.15) is 42.1 Å². The van der Waals surface area contributed by atoms with Gasteiger partial charge < -0.3 is 14.6 Å². The molecule has 0 spiro atoms. The third-order valence-corrected chi connectivity index (χ3v) is 6.16. The highest BCUT2D eigenvalue weighted by Crippen LogP contribution is 2.24. The molecule has 1 fully saturated rings. The molecule has 2 aromatic carbocycles. The lowest BCUT2D eigenvalue weighted by Crippen LogP contribution is -2.46. The van der Waals surface area contributed by atoms with Gasteiger partial charge in [-0.1, -0.05) is 32.0 Å². The Balaban J connectivity index is 1.33. The standard InChI is InChI=1S/C27H34N4O2/c1-20(2)13-14-28-26(32)22-9-11-23(12-10-22)27-29-25(21(3)33-27)19-30-15-17-31(18-16-30)24-7-5-4-6-8-24/h4-12,20H,13-19H2,1-3H3,(H,28,32). The van der Waals surface area contributed by atoms with Crippen LogP contribution in [0.4, 0.5) is 5.69 Å². The van der Waals surface area contributed by atoms with Crippen molar-refractivity contribution in [3.05, 3.63) is 71.6 Å². The fraction of sp³-hybridized carbons (Fsp3) is 0.407. The number of benzene rings is 2. The summed E-state index contributed by atoms with van der Waals surface area (Å²) in [7, 11) is 0. The number of amides is 1. The van der Waals surface area contributed by atoms with Crippen molar-refractivity contribution in [2.24, 2.45) is 5.92 Å². The van der Waals surface area contributed by atoms with Crippen molar-refractivity contribution in [3.8, 4) is 11.5 Å². The maximum atomic E-state index is 12.3. The van der Waals surface area contributed by atoms with Crippen LogP contribution in [0.2, 0.25) is 0 Å². The van der Waals surface area contributed by atoms with Gasteiger partial charge in [0.05, 0.1) is 5.69 Å². The number of nitrogens with one attached hydrogen (secondary N) is 1. The van der Waals surface area contributed by atoms with Crippen LogP contribution in [0.25, 0.3) is 11.5 Å². The van der Waals surface area contributed by atoms with E-state index >= 15 is 0 Å². The molecule has 0 aliphatic carbocycles. The zero-order valence-corrected chi connectivity index (χ0v) is 19.9. The van der Waals surface area contributed by atoms with Crippen molar-refractivity contribution in [2.45, 2.75) is 33.7 Å². The Labute approximate surface area is 196 Å². The number of aromatic nitrogens is 1. The van der Waals surface area contributed by atoms with E-state index in [4.69, 9.17) is 9.40 Å². The Kier molecular flexibility index (Phi) is 7.45. The molecule has 0 saturated carbocycles. The predicted molar refractivity (Wildman–Crippen MR) is 132 cm³/mol. The Bertz CT molecular complexity index is 1040. The molecule has 174 valence electrons. The highest BCUT2D eigenvalue weighted by atomic mass is 16.4. The largest absolute Gasteiger partial charge is 0.441 e. The Morgan fingerprint density at radius 3 is 2.39 bits per heavy atom. The normalized spacial score (nSPS) is 14.6. The third-order valence-electron chi connectivity index (χ3n) is 6.16. The first-order valence-corrected chi connectivity index (χ1v) is 11.9. The van der Waals surface area contributed by atoms with Crippen molar-refractivity contribution < 1.29 is 9.21 Å². The molecule has 1 aromatic heterocycles. The topological polar surface area (TPSA) is 61.6 Å². The van der Waals surface area contributed by atoms with Crippen LogP contribution in [-0.2, 0) is 6.54 Å². The van der Waals surface area contributed by atoms with E-state index in [9.17, 15) is 4.79 Å². The first-order chi connectivity index (χ1) is 16.0. The van der Waals surface area contributed by atoms with Gasteiger partial charge in [0.15, 0.2) is 0 Å². The lowest BCUT2D eigenvalue weighted by molar-refractivity contribution is 0.0952. The van der Waals surface area contributed by atoms with E-state index in [1.807, 2.05) is 31.2 Å². The quantitative estimate of drug-likeness (QED) is 0.541. The monoisotopic (exact) mass is 446 g/mol. The summed E-state index contributed by atoms with van der Waals surface area (Å²) in [6, 6.07) is 18.1. The minimum atomic E-state index is -0.0406. The molecule has 0 radical (unpaired) electrons. The number of piperazine rings is 1. The number of para-hydroxylation sites is 1. The van der Waals surface area contributed by atoms with Crippen LogP contribution < -0.4 is 10.2 Å². The molecule has 3 aromatic rings. The van der Waals surface area contributed by atoms with Crippen LogP contribution in [-0.4, -0.2) is 48.5 Å². The summed E-state index contributed by atoms with van der Waals surface area (Å²) >= 11 is 0. The number of carbonyl (C=O) groups excluding carboxylic acids is 1. The van der Waals surface area contributed by atoms with E-state index in [0.717, 1.165) is 56.2 Å². The van der Waals surface area contributed by atoms with Gasteiger partial charge in [-0.05, 0) is 55.7 Å². The molecule has 1 saturated heterocycles. The molecule has 1 aliphatic heterocycles. The molecule has 1 aliphatic rings. The minimum Gasteiger partial charge on any atom is -0.441 e.